The van der Waals surface area contributed by atoms with Gasteiger partial charge in [-0.3, -0.25) is 13.9 Å². The third-order valence-electron chi connectivity index (χ3n) is 7.21. The second-order valence-corrected chi connectivity index (χ2v) is 12.2. The average Bonchev–Trinajstić information content (AvgIpc) is 3.43. The zero-order valence-electron chi connectivity index (χ0n) is 23.6. The molecule has 0 saturated heterocycles. The molecule has 0 bridgehead atoms. The molecule has 2 aromatic rings. The molecule has 0 unspecified atom stereocenters. The first kappa shape index (κ1) is 32.2. The van der Waals surface area contributed by atoms with E-state index in [9.17, 15) is 31.2 Å². The molecule has 1 fully saturated rings. The van der Waals surface area contributed by atoms with Gasteiger partial charge in [0, 0.05) is 25.6 Å². The van der Waals surface area contributed by atoms with Crippen molar-refractivity contribution in [3.05, 3.63) is 59.7 Å². The van der Waals surface area contributed by atoms with E-state index in [2.05, 4.69) is 5.32 Å². The Kier molecular flexibility index (Phi) is 11.1. The van der Waals surface area contributed by atoms with E-state index in [4.69, 9.17) is 4.74 Å². The largest absolute Gasteiger partial charge is 0.497 e. The number of anilines is 1. The fourth-order valence-corrected chi connectivity index (χ4v) is 6.01. The molecule has 41 heavy (non-hydrogen) atoms. The van der Waals surface area contributed by atoms with Crippen molar-refractivity contribution in [3.8, 4) is 5.75 Å². The fraction of sp³-hybridized carbons (Fsp3) is 0.517. The van der Waals surface area contributed by atoms with E-state index in [1.165, 1.54) is 11.0 Å². The minimum Gasteiger partial charge on any atom is -0.497 e. The summed E-state index contributed by atoms with van der Waals surface area (Å²) >= 11 is 0. The number of hydrogen-bond acceptors (Lipinski definition) is 5. The Morgan fingerprint density at radius 1 is 1.10 bits per heavy atom. The third-order valence-corrected chi connectivity index (χ3v) is 8.41. The van der Waals surface area contributed by atoms with Crippen LogP contribution >= 0.6 is 0 Å². The van der Waals surface area contributed by atoms with Crippen LogP contribution in [0.2, 0.25) is 0 Å². The van der Waals surface area contributed by atoms with Gasteiger partial charge in [-0.25, -0.2) is 8.42 Å². The first-order valence-electron chi connectivity index (χ1n) is 13.7. The van der Waals surface area contributed by atoms with E-state index in [0.29, 0.717) is 12.2 Å². The molecule has 1 atom stereocenters. The summed E-state index contributed by atoms with van der Waals surface area (Å²) in [5.74, 6) is 0.0582. The molecule has 12 heteroatoms. The molecule has 1 aliphatic carbocycles. The van der Waals surface area contributed by atoms with E-state index in [0.717, 1.165) is 60.0 Å². The number of amides is 2. The van der Waals surface area contributed by atoms with Gasteiger partial charge in [-0.05, 0) is 61.6 Å². The third kappa shape index (κ3) is 9.11. The number of nitrogens with zero attached hydrogens (tertiary/aromatic N) is 2. The van der Waals surface area contributed by atoms with Crippen molar-refractivity contribution in [2.45, 2.75) is 76.7 Å². The molecular weight excluding hydrogens is 559 g/mol. The molecule has 0 radical (unpaired) electrons. The molecule has 8 nitrogen and oxygen atoms in total. The number of halogens is 3. The number of ether oxygens (including phenoxy) is 1. The van der Waals surface area contributed by atoms with Crippen molar-refractivity contribution in [2.24, 2.45) is 0 Å². The van der Waals surface area contributed by atoms with Crippen LogP contribution in [0.25, 0.3) is 0 Å². The molecule has 0 aromatic heterocycles. The first-order chi connectivity index (χ1) is 19.3. The number of alkyl halides is 3. The fourth-order valence-electron chi connectivity index (χ4n) is 5.06. The highest BCUT2D eigenvalue weighted by atomic mass is 32.2. The highest BCUT2D eigenvalue weighted by molar-refractivity contribution is 7.92. The summed E-state index contributed by atoms with van der Waals surface area (Å²) in [6.45, 7) is 1.78. The maximum Gasteiger partial charge on any atom is 0.416 e. The molecule has 1 N–H and O–H groups in total. The van der Waals surface area contributed by atoms with E-state index < -0.39 is 27.8 Å². The smallest absolute Gasteiger partial charge is 0.416 e. The van der Waals surface area contributed by atoms with Crippen molar-refractivity contribution in [1.29, 1.82) is 0 Å². The summed E-state index contributed by atoms with van der Waals surface area (Å²) < 4.78 is 70.8. The Morgan fingerprint density at radius 2 is 1.76 bits per heavy atom. The maximum absolute atomic E-state index is 13.6. The van der Waals surface area contributed by atoms with Gasteiger partial charge in [-0.1, -0.05) is 38.0 Å². The highest BCUT2D eigenvalue weighted by Crippen LogP contribution is 2.32. The summed E-state index contributed by atoms with van der Waals surface area (Å²) in [6.07, 6.45) is 0.460. The van der Waals surface area contributed by atoms with Crippen LogP contribution in [0.3, 0.4) is 0 Å². The Bertz CT molecular complexity index is 1280. The molecule has 1 saturated carbocycles. The lowest BCUT2D eigenvalue weighted by atomic mass is 10.1. The molecule has 2 amide bonds. The van der Waals surface area contributed by atoms with Crippen molar-refractivity contribution in [1.82, 2.24) is 10.2 Å². The predicted molar refractivity (Wildman–Crippen MR) is 151 cm³/mol. The quantitative estimate of drug-likeness (QED) is 0.346. The average molecular weight is 598 g/mol. The van der Waals surface area contributed by atoms with Gasteiger partial charge >= 0.3 is 6.18 Å². The molecule has 0 aliphatic heterocycles. The van der Waals surface area contributed by atoms with Crippen molar-refractivity contribution in [2.75, 3.05) is 24.2 Å². The van der Waals surface area contributed by atoms with Gasteiger partial charge in [0.2, 0.25) is 21.8 Å². The number of methoxy groups -OCH3 is 1. The van der Waals surface area contributed by atoms with Gasteiger partial charge in [0.05, 0.1) is 24.6 Å². The van der Waals surface area contributed by atoms with Crippen LogP contribution in [-0.2, 0) is 32.3 Å². The second kappa shape index (κ2) is 14.1. The normalized spacial score (nSPS) is 14.9. The second-order valence-electron chi connectivity index (χ2n) is 10.3. The van der Waals surface area contributed by atoms with Gasteiger partial charge in [-0.15, -0.1) is 0 Å². The number of nitrogens with one attached hydrogen (secondary N) is 1. The van der Waals surface area contributed by atoms with Crippen LogP contribution in [-0.4, -0.2) is 57.1 Å². The van der Waals surface area contributed by atoms with Gasteiger partial charge in [0.25, 0.3) is 0 Å². The SMILES string of the molecule is CC[C@H](C(=O)NC1CCCC1)N(Cc1ccc(OC)cc1)C(=O)CCCN(c1cccc(C(F)(F)F)c1)S(C)(=O)=O. The summed E-state index contributed by atoms with van der Waals surface area (Å²) in [4.78, 5) is 28.3. The van der Waals surface area contributed by atoms with Crippen molar-refractivity contribution < 1.29 is 35.9 Å². The molecule has 0 spiro atoms. The van der Waals surface area contributed by atoms with E-state index in [1.54, 1.807) is 31.4 Å². The molecule has 3 rings (SSSR count). The van der Waals surface area contributed by atoms with E-state index in [1.807, 2.05) is 6.92 Å². The lowest BCUT2D eigenvalue weighted by molar-refractivity contribution is -0.141. The number of hydrogen-bond donors (Lipinski definition) is 1. The standard InChI is InChI=1S/C29H38F3N3O5S/c1-4-26(28(37)33-23-10-5-6-11-23)34(20-21-14-16-25(40-2)17-15-21)27(36)13-8-18-35(41(3,38)39)24-12-7-9-22(19-24)29(30,31)32/h7,9,12,14-17,19,23,26H,4-6,8,10-11,13,18,20H2,1-3H3,(H,33,37)/t26-/m1/s1. The Balaban J connectivity index is 1.78. The summed E-state index contributed by atoms with van der Waals surface area (Å²) in [5, 5.41) is 3.07. The predicted octanol–water partition coefficient (Wildman–Crippen LogP) is 5.13. The molecule has 226 valence electrons. The van der Waals surface area contributed by atoms with Crippen molar-refractivity contribution in [3.63, 3.8) is 0 Å². The summed E-state index contributed by atoms with van der Waals surface area (Å²) in [5.41, 5.74) is -0.315. The summed E-state index contributed by atoms with van der Waals surface area (Å²) in [7, 11) is -2.39. The molecule has 1 aliphatic rings. The minimum atomic E-state index is -4.63. The van der Waals surface area contributed by atoms with Crippen LogP contribution in [0.4, 0.5) is 18.9 Å². The number of carbonyl (C=O) groups is 2. The Labute approximate surface area is 239 Å². The monoisotopic (exact) mass is 597 g/mol. The lowest BCUT2D eigenvalue weighted by Gasteiger charge is -2.32. The number of benzene rings is 2. The van der Waals surface area contributed by atoms with Crippen LogP contribution in [0.5, 0.6) is 5.75 Å². The topological polar surface area (TPSA) is 96.0 Å². The molecule has 0 heterocycles. The van der Waals surface area contributed by atoms with Gasteiger partial charge < -0.3 is 15.0 Å². The van der Waals surface area contributed by atoms with Crippen molar-refractivity contribution >= 4 is 27.5 Å². The maximum atomic E-state index is 13.6. The van der Waals surface area contributed by atoms with Crippen LogP contribution in [0, 0.1) is 0 Å². The Hall–Kier alpha value is -3.28. The Morgan fingerprint density at radius 3 is 2.32 bits per heavy atom. The number of carbonyl (C=O) groups excluding carboxylic acids is 2. The van der Waals surface area contributed by atoms with Gasteiger partial charge in [0.1, 0.15) is 11.8 Å². The van der Waals surface area contributed by atoms with E-state index >= 15 is 0 Å². The lowest BCUT2D eigenvalue weighted by Crippen LogP contribution is -2.51. The molecular formula is C29H38F3N3O5S. The summed E-state index contributed by atoms with van der Waals surface area (Å²) in [6, 6.07) is 10.5. The van der Waals surface area contributed by atoms with Crippen LogP contribution < -0.4 is 14.4 Å². The van der Waals surface area contributed by atoms with Crippen LogP contribution in [0.1, 0.15) is 63.0 Å². The minimum absolute atomic E-state index is 0.0436. The first-order valence-corrected chi connectivity index (χ1v) is 15.6. The zero-order valence-corrected chi connectivity index (χ0v) is 24.4. The van der Waals surface area contributed by atoms with Gasteiger partial charge in [-0.2, -0.15) is 13.2 Å². The number of sulfonamides is 1. The highest BCUT2D eigenvalue weighted by Gasteiger charge is 2.33. The molecule has 2 aromatic carbocycles. The van der Waals surface area contributed by atoms with Gasteiger partial charge in [0.15, 0.2) is 0 Å². The number of rotatable bonds is 13. The van der Waals surface area contributed by atoms with Crippen LogP contribution in [0.15, 0.2) is 48.5 Å². The van der Waals surface area contributed by atoms with E-state index in [-0.39, 0.29) is 49.5 Å². The zero-order chi connectivity index (χ0) is 30.2.